The summed E-state index contributed by atoms with van der Waals surface area (Å²) in [6.07, 6.45) is 1.40. The first-order valence-corrected chi connectivity index (χ1v) is 6.91. The maximum atomic E-state index is 11.9. The molecular weight excluding hydrogens is 264 g/mol. The number of benzene rings is 2. The molecule has 21 heavy (non-hydrogen) atoms. The van der Waals surface area contributed by atoms with Crippen LogP contribution in [0.4, 0.5) is 0 Å². The second kappa shape index (κ2) is 6.84. The molecule has 0 atom stereocenters. The van der Waals surface area contributed by atoms with E-state index in [4.69, 9.17) is 0 Å². The van der Waals surface area contributed by atoms with Gasteiger partial charge in [-0.15, -0.1) is 0 Å². The van der Waals surface area contributed by atoms with Crippen molar-refractivity contribution in [3.8, 4) is 0 Å². The average molecular weight is 282 g/mol. The van der Waals surface area contributed by atoms with Crippen molar-refractivity contribution in [1.29, 1.82) is 0 Å². The lowest BCUT2D eigenvalue weighted by Gasteiger charge is -2.28. The fraction of sp³-hybridized carbons (Fsp3) is 0.222. The predicted octanol–water partition coefficient (Wildman–Crippen LogP) is 3.13. The lowest BCUT2D eigenvalue weighted by Crippen LogP contribution is -2.36. The predicted molar refractivity (Wildman–Crippen MR) is 81.0 cm³/mol. The molecule has 0 spiro atoms. The zero-order valence-corrected chi connectivity index (χ0v) is 11.7. The van der Waals surface area contributed by atoms with E-state index in [2.05, 4.69) is 0 Å². The number of carboxylic acids is 1. The molecule has 2 aromatic rings. The minimum absolute atomic E-state index is 0.00607. The van der Waals surface area contributed by atoms with Crippen molar-refractivity contribution in [3.63, 3.8) is 0 Å². The first kappa shape index (κ1) is 15.0. The summed E-state index contributed by atoms with van der Waals surface area (Å²) in [5, 5.41) is 9.72. The van der Waals surface area contributed by atoms with Crippen LogP contribution in [0, 0.1) is 5.41 Å². The van der Waals surface area contributed by atoms with Crippen LogP contribution in [0.5, 0.6) is 0 Å². The second-order valence-corrected chi connectivity index (χ2v) is 5.28. The van der Waals surface area contributed by atoms with Gasteiger partial charge in [0.15, 0.2) is 0 Å². The summed E-state index contributed by atoms with van der Waals surface area (Å²) in [6.45, 7) is 0. The maximum absolute atomic E-state index is 11.9. The number of rotatable bonds is 7. The fourth-order valence-corrected chi connectivity index (χ4v) is 2.58. The van der Waals surface area contributed by atoms with Crippen LogP contribution >= 0.6 is 0 Å². The number of hydrogen-bond acceptors (Lipinski definition) is 2. The van der Waals surface area contributed by atoms with Crippen molar-refractivity contribution >= 4 is 12.3 Å². The second-order valence-electron chi connectivity index (χ2n) is 5.28. The molecule has 0 aromatic heterocycles. The summed E-state index contributed by atoms with van der Waals surface area (Å²) in [7, 11) is 0. The van der Waals surface area contributed by atoms with Gasteiger partial charge in [-0.05, 0) is 24.0 Å². The highest BCUT2D eigenvalue weighted by Crippen LogP contribution is 2.31. The summed E-state index contributed by atoms with van der Waals surface area (Å²) < 4.78 is 0. The molecule has 0 heterocycles. The highest BCUT2D eigenvalue weighted by atomic mass is 16.4. The molecule has 0 amide bonds. The summed E-state index contributed by atoms with van der Waals surface area (Å²) >= 11 is 0. The van der Waals surface area contributed by atoms with E-state index < -0.39 is 11.4 Å². The molecule has 0 saturated heterocycles. The van der Waals surface area contributed by atoms with Gasteiger partial charge in [0, 0.05) is 6.42 Å². The first-order valence-electron chi connectivity index (χ1n) is 6.91. The minimum Gasteiger partial charge on any atom is -0.481 e. The largest absolute Gasteiger partial charge is 0.481 e. The Kier molecular flexibility index (Phi) is 4.88. The molecule has 0 unspecified atom stereocenters. The first-order chi connectivity index (χ1) is 10.2. The zero-order chi connectivity index (χ0) is 15.1. The Morgan fingerprint density at radius 3 is 1.67 bits per heavy atom. The number of carbonyl (C=O) groups excluding carboxylic acids is 1. The molecule has 3 nitrogen and oxygen atoms in total. The van der Waals surface area contributed by atoms with E-state index in [0.717, 1.165) is 11.1 Å². The number of aliphatic carboxylic acids is 1. The number of aldehydes is 1. The van der Waals surface area contributed by atoms with Gasteiger partial charge in [0.05, 0.1) is 5.41 Å². The monoisotopic (exact) mass is 282 g/mol. The van der Waals surface area contributed by atoms with Crippen LogP contribution in [0.3, 0.4) is 0 Å². The molecule has 0 fully saturated rings. The topological polar surface area (TPSA) is 54.4 Å². The smallest absolute Gasteiger partial charge is 0.310 e. The number of carboxylic acid groups (broad SMARTS) is 1. The number of carbonyl (C=O) groups is 2. The van der Waals surface area contributed by atoms with Gasteiger partial charge < -0.3 is 9.90 Å². The van der Waals surface area contributed by atoms with Crippen LogP contribution in [0.15, 0.2) is 60.7 Å². The lowest BCUT2D eigenvalue weighted by molar-refractivity contribution is -0.150. The summed E-state index contributed by atoms with van der Waals surface area (Å²) in [4.78, 5) is 22.9. The van der Waals surface area contributed by atoms with Gasteiger partial charge in [0.25, 0.3) is 0 Å². The van der Waals surface area contributed by atoms with Crippen molar-refractivity contribution in [1.82, 2.24) is 0 Å². The van der Waals surface area contributed by atoms with E-state index >= 15 is 0 Å². The van der Waals surface area contributed by atoms with E-state index in [-0.39, 0.29) is 6.42 Å². The van der Waals surface area contributed by atoms with Crippen LogP contribution in [0.25, 0.3) is 0 Å². The minimum atomic E-state index is -1.09. The molecule has 0 aliphatic rings. The standard InChI is InChI=1S/C18H18O3/c19-12-11-18(17(20)21,13-15-7-3-1-4-8-15)14-16-9-5-2-6-10-16/h1-10,12H,11,13-14H2,(H,20,21). The van der Waals surface area contributed by atoms with E-state index in [1.54, 1.807) is 0 Å². The van der Waals surface area contributed by atoms with E-state index in [9.17, 15) is 14.7 Å². The SMILES string of the molecule is O=CCC(Cc1ccccc1)(Cc1ccccc1)C(=O)O. The van der Waals surface area contributed by atoms with E-state index in [1.165, 1.54) is 0 Å². The zero-order valence-electron chi connectivity index (χ0n) is 11.7. The van der Waals surface area contributed by atoms with Gasteiger partial charge in [0.2, 0.25) is 0 Å². The highest BCUT2D eigenvalue weighted by molar-refractivity contribution is 5.79. The maximum Gasteiger partial charge on any atom is 0.310 e. The fourth-order valence-electron chi connectivity index (χ4n) is 2.58. The Morgan fingerprint density at radius 2 is 1.33 bits per heavy atom. The molecule has 0 aliphatic carbocycles. The van der Waals surface area contributed by atoms with Crippen molar-refractivity contribution in [2.24, 2.45) is 5.41 Å². The Morgan fingerprint density at radius 1 is 0.905 bits per heavy atom. The van der Waals surface area contributed by atoms with Gasteiger partial charge in [-0.1, -0.05) is 60.7 Å². The van der Waals surface area contributed by atoms with Gasteiger partial charge in [-0.2, -0.15) is 0 Å². The summed E-state index contributed by atoms with van der Waals surface area (Å²) in [6, 6.07) is 18.9. The molecule has 0 saturated carbocycles. The van der Waals surface area contributed by atoms with Crippen LogP contribution < -0.4 is 0 Å². The normalized spacial score (nSPS) is 11.0. The molecule has 1 N–H and O–H groups in total. The molecule has 108 valence electrons. The molecule has 2 aromatic carbocycles. The number of hydrogen-bond donors (Lipinski definition) is 1. The van der Waals surface area contributed by atoms with Crippen LogP contribution in [0.2, 0.25) is 0 Å². The average Bonchev–Trinajstić information content (AvgIpc) is 2.49. The quantitative estimate of drug-likeness (QED) is 0.794. The Bertz CT molecular complexity index is 549. The van der Waals surface area contributed by atoms with Gasteiger partial charge >= 0.3 is 5.97 Å². The van der Waals surface area contributed by atoms with Gasteiger partial charge in [0.1, 0.15) is 6.29 Å². The third-order valence-corrected chi connectivity index (χ3v) is 3.70. The Balaban J connectivity index is 2.33. The van der Waals surface area contributed by atoms with Crippen molar-refractivity contribution < 1.29 is 14.7 Å². The molecule has 0 bridgehead atoms. The highest BCUT2D eigenvalue weighted by Gasteiger charge is 2.38. The summed E-state index contributed by atoms with van der Waals surface area (Å²) in [5.74, 6) is -0.928. The van der Waals surface area contributed by atoms with E-state index in [1.807, 2.05) is 60.7 Å². The van der Waals surface area contributed by atoms with E-state index in [0.29, 0.717) is 19.1 Å². The molecule has 0 aliphatic heterocycles. The van der Waals surface area contributed by atoms with Crippen molar-refractivity contribution in [2.75, 3.05) is 0 Å². The Hall–Kier alpha value is -2.42. The third kappa shape index (κ3) is 3.78. The lowest BCUT2D eigenvalue weighted by atomic mass is 9.74. The molecule has 2 rings (SSSR count). The molecule has 0 radical (unpaired) electrons. The van der Waals surface area contributed by atoms with Crippen molar-refractivity contribution in [3.05, 3.63) is 71.8 Å². The molecule has 3 heteroatoms. The summed E-state index contributed by atoms with van der Waals surface area (Å²) in [5.41, 5.74) is 0.764. The van der Waals surface area contributed by atoms with Crippen molar-refractivity contribution in [2.45, 2.75) is 19.3 Å². The Labute approximate surface area is 124 Å². The van der Waals surface area contributed by atoms with Gasteiger partial charge in [-0.3, -0.25) is 4.79 Å². The molecular formula is C18H18O3. The van der Waals surface area contributed by atoms with Crippen LogP contribution in [-0.2, 0) is 22.4 Å². The van der Waals surface area contributed by atoms with Crippen LogP contribution in [-0.4, -0.2) is 17.4 Å². The third-order valence-electron chi connectivity index (χ3n) is 3.70. The van der Waals surface area contributed by atoms with Gasteiger partial charge in [-0.25, -0.2) is 0 Å². The van der Waals surface area contributed by atoms with Crippen LogP contribution in [0.1, 0.15) is 17.5 Å².